The third-order valence-corrected chi connectivity index (χ3v) is 3.15. The van der Waals surface area contributed by atoms with Crippen molar-refractivity contribution in [2.24, 2.45) is 0 Å². The Labute approximate surface area is 116 Å². The van der Waals surface area contributed by atoms with Crippen LogP contribution in [0.25, 0.3) is 0 Å². The van der Waals surface area contributed by atoms with E-state index < -0.39 is 6.10 Å². The number of aryl methyl sites for hydroxylation is 1. The Hall–Kier alpha value is -1.35. The van der Waals surface area contributed by atoms with E-state index >= 15 is 0 Å². The average Bonchev–Trinajstić information content (AvgIpc) is 2.35. The van der Waals surface area contributed by atoms with E-state index in [1.54, 1.807) is 6.92 Å². The number of aliphatic hydroxyl groups is 1. The first-order valence-electron chi connectivity index (χ1n) is 6.92. The summed E-state index contributed by atoms with van der Waals surface area (Å²) in [4.78, 5) is 11.8. The molecule has 3 nitrogen and oxygen atoms in total. The number of nitrogens with one attached hydrogen (secondary N) is 1. The Kier molecular flexibility index (Phi) is 6.03. The molecule has 1 unspecified atom stereocenters. The molecule has 19 heavy (non-hydrogen) atoms. The van der Waals surface area contributed by atoms with E-state index in [2.05, 4.69) is 17.4 Å². The number of rotatable bonds is 7. The molecule has 0 spiro atoms. The summed E-state index contributed by atoms with van der Waals surface area (Å²) in [5, 5.41) is 12.2. The second-order valence-corrected chi connectivity index (χ2v) is 5.81. The van der Waals surface area contributed by atoms with Crippen molar-refractivity contribution in [3.8, 4) is 0 Å². The molecule has 0 radical (unpaired) electrons. The molecule has 3 heteroatoms. The SMILES string of the molecule is CC(O)CCC(=O)NC(C)(C)CCc1ccccc1. The highest BCUT2D eigenvalue weighted by atomic mass is 16.3. The van der Waals surface area contributed by atoms with Gasteiger partial charge in [0.05, 0.1) is 6.10 Å². The number of carbonyl (C=O) groups excluding carboxylic acids is 1. The van der Waals surface area contributed by atoms with Gasteiger partial charge >= 0.3 is 0 Å². The molecule has 106 valence electrons. The number of aliphatic hydroxyl groups excluding tert-OH is 1. The fourth-order valence-corrected chi connectivity index (χ4v) is 1.94. The minimum absolute atomic E-state index is 0.0129. The van der Waals surface area contributed by atoms with Crippen LogP contribution in [0.5, 0.6) is 0 Å². The summed E-state index contributed by atoms with van der Waals surface area (Å²) in [6, 6.07) is 10.3. The lowest BCUT2D eigenvalue weighted by molar-refractivity contribution is -0.123. The summed E-state index contributed by atoms with van der Waals surface area (Å²) in [6.07, 6.45) is 2.33. The van der Waals surface area contributed by atoms with Gasteiger partial charge in [-0.15, -0.1) is 0 Å². The molecule has 2 N–H and O–H groups in total. The minimum Gasteiger partial charge on any atom is -0.393 e. The smallest absolute Gasteiger partial charge is 0.220 e. The van der Waals surface area contributed by atoms with Crippen LogP contribution in [0.2, 0.25) is 0 Å². The Bertz CT molecular complexity index is 385. The summed E-state index contributed by atoms with van der Waals surface area (Å²) in [7, 11) is 0. The third-order valence-electron chi connectivity index (χ3n) is 3.15. The predicted molar refractivity (Wildman–Crippen MR) is 77.9 cm³/mol. The van der Waals surface area contributed by atoms with Gasteiger partial charge in [0.2, 0.25) is 5.91 Å². The van der Waals surface area contributed by atoms with E-state index in [9.17, 15) is 9.90 Å². The lowest BCUT2D eigenvalue weighted by Gasteiger charge is -2.26. The Balaban J connectivity index is 2.36. The molecule has 0 fully saturated rings. The lowest BCUT2D eigenvalue weighted by Crippen LogP contribution is -2.43. The molecule has 0 aliphatic heterocycles. The van der Waals surface area contributed by atoms with Gasteiger partial charge < -0.3 is 10.4 Å². The molecule has 0 saturated carbocycles. The molecular formula is C16H25NO2. The molecule has 0 bridgehead atoms. The number of benzene rings is 1. The van der Waals surface area contributed by atoms with Crippen LogP contribution in [0.3, 0.4) is 0 Å². The average molecular weight is 263 g/mol. The topological polar surface area (TPSA) is 49.3 Å². The first kappa shape index (κ1) is 15.7. The zero-order chi connectivity index (χ0) is 14.3. The van der Waals surface area contributed by atoms with Crippen LogP contribution < -0.4 is 5.32 Å². The van der Waals surface area contributed by atoms with E-state index in [0.29, 0.717) is 12.8 Å². The summed E-state index contributed by atoms with van der Waals surface area (Å²) >= 11 is 0. The van der Waals surface area contributed by atoms with E-state index in [4.69, 9.17) is 0 Å². The second-order valence-electron chi connectivity index (χ2n) is 5.81. The lowest BCUT2D eigenvalue weighted by atomic mass is 9.95. The van der Waals surface area contributed by atoms with Crippen molar-refractivity contribution in [2.45, 2.75) is 58.1 Å². The fraction of sp³-hybridized carbons (Fsp3) is 0.562. The molecule has 0 aliphatic rings. The fourth-order valence-electron chi connectivity index (χ4n) is 1.94. The van der Waals surface area contributed by atoms with Crippen molar-refractivity contribution in [3.63, 3.8) is 0 Å². The van der Waals surface area contributed by atoms with Crippen LogP contribution in [0.1, 0.15) is 45.6 Å². The highest BCUT2D eigenvalue weighted by Gasteiger charge is 2.20. The number of hydrogen-bond acceptors (Lipinski definition) is 2. The van der Waals surface area contributed by atoms with E-state index in [1.165, 1.54) is 5.56 Å². The van der Waals surface area contributed by atoms with Crippen LogP contribution >= 0.6 is 0 Å². The van der Waals surface area contributed by atoms with Crippen molar-refractivity contribution in [3.05, 3.63) is 35.9 Å². The van der Waals surface area contributed by atoms with Crippen molar-refractivity contribution in [1.29, 1.82) is 0 Å². The zero-order valence-corrected chi connectivity index (χ0v) is 12.1. The van der Waals surface area contributed by atoms with Gasteiger partial charge in [-0.3, -0.25) is 4.79 Å². The largest absolute Gasteiger partial charge is 0.393 e. The van der Waals surface area contributed by atoms with Gasteiger partial charge in [0, 0.05) is 12.0 Å². The Morgan fingerprint density at radius 2 is 1.95 bits per heavy atom. The summed E-state index contributed by atoms with van der Waals surface area (Å²) < 4.78 is 0. The maximum absolute atomic E-state index is 11.8. The molecule has 0 aromatic heterocycles. The molecule has 1 atom stereocenters. The standard InChI is InChI=1S/C16H25NO2/c1-13(18)9-10-15(19)17-16(2,3)12-11-14-7-5-4-6-8-14/h4-8,13,18H,9-12H2,1-3H3,(H,17,19). The van der Waals surface area contributed by atoms with Crippen LogP contribution in [0.15, 0.2) is 30.3 Å². The van der Waals surface area contributed by atoms with Gasteiger partial charge in [0.25, 0.3) is 0 Å². The third kappa shape index (κ3) is 6.97. The summed E-state index contributed by atoms with van der Waals surface area (Å²) in [5.41, 5.74) is 1.07. The predicted octanol–water partition coefficient (Wildman–Crippen LogP) is 2.68. The van der Waals surface area contributed by atoms with Crippen molar-refractivity contribution in [2.75, 3.05) is 0 Å². The van der Waals surface area contributed by atoms with Gasteiger partial charge in [0.15, 0.2) is 0 Å². The number of amides is 1. The molecule has 1 rings (SSSR count). The van der Waals surface area contributed by atoms with Gasteiger partial charge in [-0.1, -0.05) is 30.3 Å². The van der Waals surface area contributed by atoms with Gasteiger partial charge in [-0.2, -0.15) is 0 Å². The molecule has 1 aromatic carbocycles. The molecule has 0 saturated heterocycles. The van der Waals surface area contributed by atoms with Crippen LogP contribution in [-0.4, -0.2) is 22.7 Å². The Morgan fingerprint density at radius 1 is 1.32 bits per heavy atom. The maximum Gasteiger partial charge on any atom is 0.220 e. The molecule has 0 aliphatic carbocycles. The van der Waals surface area contributed by atoms with Crippen LogP contribution in [-0.2, 0) is 11.2 Å². The van der Waals surface area contributed by atoms with Crippen LogP contribution in [0.4, 0.5) is 0 Å². The summed E-state index contributed by atoms with van der Waals surface area (Å²) in [5.74, 6) is 0.0129. The van der Waals surface area contributed by atoms with Gasteiger partial charge in [-0.25, -0.2) is 0 Å². The van der Waals surface area contributed by atoms with Gasteiger partial charge in [0.1, 0.15) is 0 Å². The van der Waals surface area contributed by atoms with Crippen LogP contribution in [0, 0.1) is 0 Å². The normalized spacial score (nSPS) is 13.1. The highest BCUT2D eigenvalue weighted by Crippen LogP contribution is 2.14. The highest BCUT2D eigenvalue weighted by molar-refractivity contribution is 5.76. The van der Waals surface area contributed by atoms with E-state index in [0.717, 1.165) is 12.8 Å². The van der Waals surface area contributed by atoms with Crippen molar-refractivity contribution >= 4 is 5.91 Å². The van der Waals surface area contributed by atoms with Gasteiger partial charge in [-0.05, 0) is 45.6 Å². The number of carbonyl (C=O) groups is 1. The number of hydrogen-bond donors (Lipinski definition) is 2. The van der Waals surface area contributed by atoms with Crippen molar-refractivity contribution in [1.82, 2.24) is 5.32 Å². The summed E-state index contributed by atoms with van der Waals surface area (Å²) in [6.45, 7) is 5.78. The molecule has 0 heterocycles. The molecule has 1 amide bonds. The quantitative estimate of drug-likeness (QED) is 0.794. The van der Waals surface area contributed by atoms with E-state index in [-0.39, 0.29) is 11.4 Å². The second kappa shape index (κ2) is 7.29. The van der Waals surface area contributed by atoms with E-state index in [1.807, 2.05) is 32.0 Å². The first-order valence-corrected chi connectivity index (χ1v) is 6.92. The monoisotopic (exact) mass is 263 g/mol. The zero-order valence-electron chi connectivity index (χ0n) is 12.1. The minimum atomic E-state index is -0.418. The molecule has 1 aromatic rings. The van der Waals surface area contributed by atoms with Crippen molar-refractivity contribution < 1.29 is 9.90 Å². The Morgan fingerprint density at radius 3 is 2.53 bits per heavy atom. The first-order chi connectivity index (χ1) is 8.89. The maximum atomic E-state index is 11.8. The molecular weight excluding hydrogens is 238 g/mol.